The monoisotopic (exact) mass is 804 g/mol. The number of ether oxygens (including phenoxy) is 1. The lowest BCUT2D eigenvalue weighted by atomic mass is 9.49. The third kappa shape index (κ3) is 5.65. The number of anilines is 2. The minimum absolute atomic E-state index is 0.0740. The molecule has 2 aliphatic carbocycles. The second kappa shape index (κ2) is 13.7. The summed E-state index contributed by atoms with van der Waals surface area (Å²) in [6, 6.07) is 18.6. The molecule has 4 amide bonds. The Morgan fingerprint density at radius 2 is 1.66 bits per heavy atom. The molecule has 0 spiro atoms. The summed E-state index contributed by atoms with van der Waals surface area (Å²) in [4.78, 5) is 63.9. The van der Waals surface area contributed by atoms with Crippen molar-refractivity contribution < 1.29 is 42.2 Å². The molecule has 3 aromatic carbocycles. The fourth-order valence-electron chi connectivity index (χ4n) is 9.15. The highest BCUT2D eigenvalue weighted by Gasteiger charge is 2.70. The number of aromatic hydroxyl groups is 1. The summed E-state index contributed by atoms with van der Waals surface area (Å²) in [5.74, 6) is -7.49. The van der Waals surface area contributed by atoms with Crippen LogP contribution in [0, 0.1) is 23.7 Å². The number of hydrogen-bond acceptors (Lipinski definition) is 8. The van der Waals surface area contributed by atoms with Gasteiger partial charge in [-0.15, -0.1) is 0 Å². The number of nitrogens with zero attached hydrogens (tertiary/aromatic N) is 3. The lowest BCUT2D eigenvalue weighted by Crippen LogP contribution is -2.53. The Kier molecular flexibility index (Phi) is 9.15. The van der Waals surface area contributed by atoms with Gasteiger partial charge >= 0.3 is 6.18 Å². The molecule has 4 aliphatic rings. The lowest BCUT2D eigenvalue weighted by molar-refractivity contribution is -0.139. The Bertz CT molecular complexity index is 2340. The number of carbonyl (C=O) groups is 4. The number of benzene rings is 3. The summed E-state index contributed by atoms with van der Waals surface area (Å²) >= 11 is 12.6. The smallest absolute Gasteiger partial charge is 0.417 e. The number of pyridine rings is 1. The number of carbonyl (C=O) groups excluding carboxylic acids is 4. The largest absolute Gasteiger partial charge is 0.508 e. The van der Waals surface area contributed by atoms with Crippen LogP contribution in [0.4, 0.5) is 24.7 Å². The van der Waals surface area contributed by atoms with E-state index in [0.29, 0.717) is 44.9 Å². The van der Waals surface area contributed by atoms with Crippen molar-refractivity contribution in [3.8, 4) is 11.5 Å². The third-order valence-electron chi connectivity index (χ3n) is 11.7. The van der Waals surface area contributed by atoms with E-state index >= 15 is 4.79 Å². The maximum atomic E-state index is 15.3. The van der Waals surface area contributed by atoms with Crippen LogP contribution in [-0.2, 0) is 37.2 Å². The predicted molar refractivity (Wildman–Crippen MR) is 200 cm³/mol. The summed E-state index contributed by atoms with van der Waals surface area (Å²) < 4.78 is 46.0. The fraction of sp³-hybridized carbons (Fsp3) is 0.293. The van der Waals surface area contributed by atoms with Gasteiger partial charge in [0.2, 0.25) is 11.8 Å². The highest BCUT2D eigenvalue weighted by Crippen LogP contribution is 2.65. The average molecular weight is 806 g/mol. The molecular formula is C41H33Cl2F3N4O6. The number of methoxy groups -OCH3 is 1. The maximum Gasteiger partial charge on any atom is 0.417 e. The zero-order chi connectivity index (χ0) is 39.8. The van der Waals surface area contributed by atoms with Gasteiger partial charge in [0.15, 0.2) is 5.82 Å². The first kappa shape index (κ1) is 37.5. The molecule has 0 radical (unpaired) electrons. The van der Waals surface area contributed by atoms with E-state index in [9.17, 15) is 32.7 Å². The minimum atomic E-state index is -4.76. The molecule has 2 saturated heterocycles. The molecular weight excluding hydrogens is 772 g/mol. The van der Waals surface area contributed by atoms with Crippen LogP contribution in [0.25, 0.3) is 0 Å². The van der Waals surface area contributed by atoms with E-state index < -0.39 is 69.5 Å². The zero-order valence-corrected chi connectivity index (χ0v) is 31.3. The Morgan fingerprint density at radius 3 is 2.30 bits per heavy atom. The Morgan fingerprint density at radius 1 is 0.946 bits per heavy atom. The normalized spacial score (nSPS) is 25.8. The molecule has 2 N–H and O–H groups in total. The molecule has 2 aliphatic heterocycles. The van der Waals surface area contributed by atoms with Gasteiger partial charge in [0.05, 0.1) is 46.6 Å². The first-order valence-electron chi connectivity index (χ1n) is 17.9. The van der Waals surface area contributed by atoms with Crippen LogP contribution < -0.4 is 15.1 Å². The van der Waals surface area contributed by atoms with E-state index in [0.717, 1.165) is 12.0 Å². The number of imide groups is 2. The molecule has 1 saturated carbocycles. The van der Waals surface area contributed by atoms with Crippen molar-refractivity contribution in [3.63, 3.8) is 0 Å². The van der Waals surface area contributed by atoms with Gasteiger partial charge in [-0.3, -0.25) is 29.5 Å². The number of rotatable bonds is 7. The van der Waals surface area contributed by atoms with Crippen LogP contribution in [0.1, 0.15) is 47.9 Å². The molecule has 10 nitrogen and oxygen atoms in total. The summed E-state index contributed by atoms with van der Waals surface area (Å²) in [5.41, 5.74) is 2.22. The first-order chi connectivity index (χ1) is 26.7. The Labute approximate surface area is 328 Å². The molecule has 15 heteroatoms. The van der Waals surface area contributed by atoms with Crippen LogP contribution in [0.5, 0.6) is 11.5 Å². The lowest BCUT2D eigenvalue weighted by Gasteiger charge is -2.50. The fourth-order valence-corrected chi connectivity index (χ4v) is 9.49. The van der Waals surface area contributed by atoms with Crippen molar-refractivity contribution in [1.82, 2.24) is 9.99 Å². The SMILES string of the molecule is CCc1ccc(N2C(=O)C3CC=C4C(CC5C(=O)N(Nc6ncc(C(F)(F)F)cc6Cl)C(=O)C5(c5ccc(Cl)cc5)C4c4cc(OC)ccc4O)C3C2=O)cc1. The van der Waals surface area contributed by atoms with E-state index in [4.69, 9.17) is 27.9 Å². The molecule has 6 atom stereocenters. The van der Waals surface area contributed by atoms with Crippen LogP contribution in [0.3, 0.4) is 0 Å². The standard InChI is InChI=1S/C41H33Cl2F3N4O6/c1-3-20-4-10-24(11-5-20)49-36(52)27-14-13-26-28(33(27)38(49)54)18-30-37(53)50(48-35-31(43)16-22(19-47-35)41(44,45)46)39(55)40(30,21-6-8-23(42)9-7-21)34(26)29-17-25(56-2)12-15-32(29)51/h4-13,15-17,19,27-28,30,33-34,51H,3,14,18H2,1-2H3,(H,47,48). The van der Waals surface area contributed by atoms with Crippen LogP contribution in [-0.4, -0.2) is 45.8 Å². The summed E-state index contributed by atoms with van der Waals surface area (Å²) in [7, 11) is 1.43. The predicted octanol–water partition coefficient (Wildman–Crippen LogP) is 7.87. The highest BCUT2D eigenvalue weighted by molar-refractivity contribution is 6.33. The van der Waals surface area contributed by atoms with Gasteiger partial charge in [0.25, 0.3) is 11.8 Å². The summed E-state index contributed by atoms with van der Waals surface area (Å²) in [5, 5.41) is 12.2. The van der Waals surface area contributed by atoms with Gasteiger partial charge in [-0.1, -0.05) is 66.0 Å². The van der Waals surface area contributed by atoms with Crippen LogP contribution in [0.2, 0.25) is 10.0 Å². The van der Waals surface area contributed by atoms with Gasteiger partial charge < -0.3 is 9.84 Å². The Hall–Kier alpha value is -5.40. The molecule has 56 heavy (non-hydrogen) atoms. The van der Waals surface area contributed by atoms with E-state index in [1.807, 2.05) is 25.1 Å². The van der Waals surface area contributed by atoms with Gasteiger partial charge in [-0.25, -0.2) is 4.98 Å². The topological polar surface area (TPSA) is 129 Å². The zero-order valence-electron chi connectivity index (χ0n) is 29.8. The number of alkyl halides is 3. The number of allylic oxidation sites excluding steroid dienone is 2. The highest BCUT2D eigenvalue weighted by atomic mass is 35.5. The quantitative estimate of drug-likeness (QED) is 0.143. The average Bonchev–Trinajstić information content (AvgIpc) is 3.56. The number of halogens is 5. The summed E-state index contributed by atoms with van der Waals surface area (Å²) in [6.07, 6.45) is -1.57. The maximum absolute atomic E-state index is 15.3. The van der Waals surface area contributed by atoms with Crippen molar-refractivity contribution >= 4 is 58.3 Å². The third-order valence-corrected chi connectivity index (χ3v) is 12.2. The number of phenolic OH excluding ortho intramolecular Hbond substituents is 1. The van der Waals surface area contributed by atoms with Crippen molar-refractivity contribution in [2.24, 2.45) is 23.7 Å². The van der Waals surface area contributed by atoms with Crippen molar-refractivity contribution in [1.29, 1.82) is 0 Å². The number of hydrogen-bond donors (Lipinski definition) is 2. The number of hydrazine groups is 1. The molecule has 1 aromatic heterocycles. The number of nitrogens with one attached hydrogen (secondary N) is 1. The molecule has 3 heterocycles. The minimum Gasteiger partial charge on any atom is -0.508 e. The van der Waals surface area contributed by atoms with Crippen molar-refractivity contribution in [2.45, 2.75) is 43.7 Å². The van der Waals surface area contributed by atoms with Crippen molar-refractivity contribution in [2.75, 3.05) is 17.4 Å². The molecule has 6 unspecified atom stereocenters. The van der Waals surface area contributed by atoms with Crippen LogP contribution in [0.15, 0.2) is 90.6 Å². The van der Waals surface area contributed by atoms with Gasteiger partial charge in [-0.05, 0) is 84.8 Å². The Balaban J connectivity index is 1.31. The molecule has 0 bridgehead atoms. The second-order valence-corrected chi connectivity index (χ2v) is 15.2. The van der Waals surface area contributed by atoms with E-state index in [2.05, 4.69) is 10.4 Å². The van der Waals surface area contributed by atoms with E-state index in [-0.39, 0.29) is 35.9 Å². The van der Waals surface area contributed by atoms with Crippen molar-refractivity contribution in [3.05, 3.63) is 123 Å². The van der Waals surface area contributed by atoms with E-state index in [1.54, 1.807) is 42.5 Å². The van der Waals surface area contributed by atoms with Gasteiger partial charge in [-0.2, -0.15) is 18.2 Å². The number of amides is 4. The summed E-state index contributed by atoms with van der Waals surface area (Å²) in [6.45, 7) is 1.99. The molecule has 8 rings (SSSR count). The number of phenols is 1. The number of aryl methyl sites for hydroxylation is 1. The number of fused-ring (bicyclic) bond motifs is 4. The molecule has 4 aromatic rings. The van der Waals surface area contributed by atoms with E-state index in [1.165, 1.54) is 24.1 Å². The molecule has 288 valence electrons. The van der Waals surface area contributed by atoms with Crippen LogP contribution >= 0.6 is 23.2 Å². The molecule has 3 fully saturated rings. The van der Waals surface area contributed by atoms with Gasteiger partial charge in [0, 0.05) is 22.7 Å². The first-order valence-corrected chi connectivity index (χ1v) is 18.6. The second-order valence-electron chi connectivity index (χ2n) is 14.4. The van der Waals surface area contributed by atoms with Gasteiger partial charge in [0.1, 0.15) is 11.5 Å². The number of aromatic nitrogens is 1.